The van der Waals surface area contributed by atoms with Gasteiger partial charge in [0.2, 0.25) is 0 Å². The van der Waals surface area contributed by atoms with Crippen molar-refractivity contribution in [2.24, 2.45) is 0 Å². The van der Waals surface area contributed by atoms with Crippen molar-refractivity contribution in [1.29, 1.82) is 0 Å². The molecule has 0 saturated heterocycles. The van der Waals surface area contributed by atoms with Gasteiger partial charge in [-0.25, -0.2) is 0 Å². The molecule has 0 fully saturated rings. The van der Waals surface area contributed by atoms with E-state index in [1.54, 1.807) is 0 Å². The lowest BCUT2D eigenvalue weighted by molar-refractivity contribution is -0.151. The molecule has 0 N–H and O–H groups in total. The van der Waals surface area contributed by atoms with Crippen LogP contribution in [-0.4, -0.2) is 17.3 Å². The molecule has 0 aromatic heterocycles. The standard InChI is InChI=1S/C18H20O2S/c1-18(2,3)20-17(19)13-21-16-11-9-15(10-12-16)14-7-5-4-6-8-14/h4-12H,13H2,1-3H3. The van der Waals surface area contributed by atoms with Crippen LogP contribution in [0.4, 0.5) is 0 Å². The lowest BCUT2D eigenvalue weighted by Gasteiger charge is -2.19. The largest absolute Gasteiger partial charge is 0.459 e. The van der Waals surface area contributed by atoms with Gasteiger partial charge in [0.15, 0.2) is 0 Å². The Labute approximate surface area is 130 Å². The van der Waals surface area contributed by atoms with Crippen molar-refractivity contribution in [2.45, 2.75) is 31.3 Å². The van der Waals surface area contributed by atoms with Crippen LogP contribution >= 0.6 is 11.8 Å². The molecule has 0 aliphatic carbocycles. The zero-order valence-electron chi connectivity index (χ0n) is 12.6. The Bertz CT molecular complexity index is 583. The average Bonchev–Trinajstić information content (AvgIpc) is 2.45. The van der Waals surface area contributed by atoms with Crippen molar-refractivity contribution in [3.63, 3.8) is 0 Å². The highest BCUT2D eigenvalue weighted by atomic mass is 32.2. The van der Waals surface area contributed by atoms with E-state index in [1.165, 1.54) is 22.9 Å². The summed E-state index contributed by atoms with van der Waals surface area (Å²) < 4.78 is 5.29. The number of thioether (sulfide) groups is 1. The number of carbonyl (C=O) groups is 1. The Morgan fingerprint density at radius 1 is 0.952 bits per heavy atom. The van der Waals surface area contributed by atoms with Gasteiger partial charge in [-0.3, -0.25) is 4.79 Å². The van der Waals surface area contributed by atoms with Crippen LogP contribution in [0.2, 0.25) is 0 Å². The predicted molar refractivity (Wildman–Crippen MR) is 88.4 cm³/mol. The summed E-state index contributed by atoms with van der Waals surface area (Å²) in [5.74, 6) is 0.154. The van der Waals surface area contributed by atoms with E-state index in [0.717, 1.165) is 4.90 Å². The smallest absolute Gasteiger partial charge is 0.316 e. The van der Waals surface area contributed by atoms with Gasteiger partial charge < -0.3 is 4.74 Å². The van der Waals surface area contributed by atoms with Gasteiger partial charge in [-0.05, 0) is 44.0 Å². The van der Waals surface area contributed by atoms with Crippen LogP contribution in [-0.2, 0) is 9.53 Å². The monoisotopic (exact) mass is 300 g/mol. The molecule has 3 heteroatoms. The zero-order valence-corrected chi connectivity index (χ0v) is 13.4. The molecule has 2 aromatic carbocycles. The molecule has 0 amide bonds. The van der Waals surface area contributed by atoms with Gasteiger partial charge in [-0.15, -0.1) is 11.8 Å². The quantitative estimate of drug-likeness (QED) is 0.600. The van der Waals surface area contributed by atoms with Crippen LogP contribution in [0.25, 0.3) is 11.1 Å². The molecule has 2 aromatic rings. The zero-order chi connectivity index (χ0) is 15.3. The fraction of sp³-hybridized carbons (Fsp3) is 0.278. The van der Waals surface area contributed by atoms with Crippen LogP contribution in [0.1, 0.15) is 20.8 Å². The van der Waals surface area contributed by atoms with Gasteiger partial charge in [-0.2, -0.15) is 0 Å². The van der Waals surface area contributed by atoms with Crippen molar-refractivity contribution in [1.82, 2.24) is 0 Å². The predicted octanol–water partition coefficient (Wildman–Crippen LogP) is 4.79. The Kier molecular flexibility index (Phi) is 5.07. The van der Waals surface area contributed by atoms with Gasteiger partial charge >= 0.3 is 5.97 Å². The first-order valence-corrected chi connectivity index (χ1v) is 7.93. The van der Waals surface area contributed by atoms with E-state index in [9.17, 15) is 4.79 Å². The summed E-state index contributed by atoms with van der Waals surface area (Å²) >= 11 is 1.50. The molecule has 0 aliphatic rings. The molecular weight excluding hydrogens is 280 g/mol. The van der Waals surface area contributed by atoms with Crippen LogP contribution in [0.5, 0.6) is 0 Å². The maximum Gasteiger partial charge on any atom is 0.316 e. The molecule has 0 unspecified atom stereocenters. The van der Waals surface area contributed by atoms with Crippen molar-refractivity contribution in [3.05, 3.63) is 54.6 Å². The minimum Gasteiger partial charge on any atom is -0.459 e. The summed E-state index contributed by atoms with van der Waals surface area (Å²) in [5, 5.41) is 0. The molecular formula is C18H20O2S. The van der Waals surface area contributed by atoms with Crippen LogP contribution in [0, 0.1) is 0 Å². The highest BCUT2D eigenvalue weighted by Gasteiger charge is 2.16. The molecule has 0 radical (unpaired) electrons. The molecule has 0 heterocycles. The highest BCUT2D eigenvalue weighted by molar-refractivity contribution is 8.00. The fourth-order valence-electron chi connectivity index (χ4n) is 1.89. The van der Waals surface area contributed by atoms with Gasteiger partial charge in [0.25, 0.3) is 0 Å². The van der Waals surface area contributed by atoms with E-state index < -0.39 is 5.60 Å². The molecule has 0 aliphatic heterocycles. The summed E-state index contributed by atoms with van der Waals surface area (Å²) in [5.41, 5.74) is 1.95. The Hall–Kier alpha value is -1.74. The number of carbonyl (C=O) groups excluding carboxylic acids is 1. The lowest BCUT2D eigenvalue weighted by atomic mass is 10.1. The van der Waals surface area contributed by atoms with Gasteiger partial charge in [0.1, 0.15) is 5.60 Å². The van der Waals surface area contributed by atoms with Gasteiger partial charge in [-0.1, -0.05) is 42.5 Å². The first kappa shape index (κ1) is 15.6. The summed E-state index contributed by atoms with van der Waals surface area (Å²) in [6, 6.07) is 18.5. The van der Waals surface area contributed by atoms with Crippen molar-refractivity contribution in [3.8, 4) is 11.1 Å². The summed E-state index contributed by atoms with van der Waals surface area (Å²) in [7, 11) is 0. The molecule has 2 rings (SSSR count). The van der Waals surface area contributed by atoms with E-state index in [-0.39, 0.29) is 5.97 Å². The minimum absolute atomic E-state index is 0.181. The van der Waals surface area contributed by atoms with Gasteiger partial charge in [0, 0.05) is 4.90 Å². The van der Waals surface area contributed by atoms with Gasteiger partial charge in [0.05, 0.1) is 5.75 Å². The van der Waals surface area contributed by atoms with E-state index in [4.69, 9.17) is 4.74 Å². The molecule has 0 bridgehead atoms. The van der Waals surface area contributed by atoms with Crippen LogP contribution in [0.15, 0.2) is 59.5 Å². The Morgan fingerprint density at radius 2 is 1.52 bits per heavy atom. The van der Waals surface area contributed by atoms with Crippen molar-refractivity contribution >= 4 is 17.7 Å². The molecule has 2 nitrogen and oxygen atoms in total. The number of ether oxygens (including phenoxy) is 1. The second-order valence-corrected chi connectivity index (χ2v) is 6.81. The van der Waals surface area contributed by atoms with Crippen molar-refractivity contribution < 1.29 is 9.53 Å². The Morgan fingerprint density at radius 3 is 2.10 bits per heavy atom. The first-order valence-electron chi connectivity index (χ1n) is 6.94. The van der Waals surface area contributed by atoms with E-state index in [0.29, 0.717) is 5.75 Å². The second-order valence-electron chi connectivity index (χ2n) is 5.77. The maximum absolute atomic E-state index is 11.7. The maximum atomic E-state index is 11.7. The third-order valence-corrected chi connectivity index (χ3v) is 3.72. The average molecular weight is 300 g/mol. The second kappa shape index (κ2) is 6.81. The highest BCUT2D eigenvalue weighted by Crippen LogP contribution is 2.24. The summed E-state index contributed by atoms with van der Waals surface area (Å²) in [6.45, 7) is 5.64. The lowest BCUT2D eigenvalue weighted by Crippen LogP contribution is -2.24. The van der Waals surface area contributed by atoms with E-state index in [2.05, 4.69) is 24.3 Å². The third-order valence-electron chi connectivity index (χ3n) is 2.74. The number of benzene rings is 2. The number of hydrogen-bond acceptors (Lipinski definition) is 3. The number of hydrogen-bond donors (Lipinski definition) is 0. The van der Waals surface area contributed by atoms with Crippen LogP contribution < -0.4 is 0 Å². The third kappa shape index (κ3) is 5.27. The topological polar surface area (TPSA) is 26.3 Å². The summed E-state index contributed by atoms with van der Waals surface area (Å²) in [4.78, 5) is 12.7. The minimum atomic E-state index is -0.422. The Balaban J connectivity index is 1.93. The number of rotatable bonds is 4. The summed E-state index contributed by atoms with van der Waals surface area (Å²) in [6.07, 6.45) is 0. The van der Waals surface area contributed by atoms with E-state index >= 15 is 0 Å². The van der Waals surface area contributed by atoms with Crippen molar-refractivity contribution in [2.75, 3.05) is 5.75 Å². The molecule has 0 saturated carbocycles. The molecule has 110 valence electrons. The molecule has 0 spiro atoms. The normalized spacial score (nSPS) is 11.2. The van der Waals surface area contributed by atoms with E-state index in [1.807, 2.05) is 51.1 Å². The fourth-order valence-corrected chi connectivity index (χ4v) is 2.56. The molecule has 21 heavy (non-hydrogen) atoms. The first-order chi connectivity index (χ1) is 9.94. The SMILES string of the molecule is CC(C)(C)OC(=O)CSc1ccc(-c2ccccc2)cc1. The molecule has 0 atom stereocenters. The number of esters is 1. The van der Waals surface area contributed by atoms with Crippen LogP contribution in [0.3, 0.4) is 0 Å².